The van der Waals surface area contributed by atoms with Crippen molar-refractivity contribution in [3.05, 3.63) is 11.2 Å². The fourth-order valence-electron chi connectivity index (χ4n) is 0.937. The van der Waals surface area contributed by atoms with Crippen LogP contribution in [0.5, 0.6) is 0 Å². The Morgan fingerprint density at radius 1 is 1.36 bits per heavy atom. The van der Waals surface area contributed by atoms with E-state index in [1.807, 2.05) is 0 Å². The lowest BCUT2D eigenvalue weighted by atomic mass is 10.1. The highest BCUT2D eigenvalue weighted by Gasteiger charge is 2.16. The molecule has 0 radical (unpaired) electrons. The van der Waals surface area contributed by atoms with Crippen LogP contribution in [0.4, 0.5) is 0 Å². The van der Waals surface area contributed by atoms with Crippen molar-refractivity contribution in [2.24, 2.45) is 0 Å². The largest absolute Gasteiger partial charge is 0.497 e. The summed E-state index contributed by atoms with van der Waals surface area (Å²) in [5.74, 6) is 0. The number of unbranched alkanes of at least 4 members (excludes halogenated alkanes) is 4. The normalized spacial score (nSPS) is 13.1. The number of hydrogen-bond donors (Lipinski definition) is 2. The molecule has 0 spiro atoms. The summed E-state index contributed by atoms with van der Waals surface area (Å²) >= 11 is 0. The molecule has 0 amide bonds. The summed E-state index contributed by atoms with van der Waals surface area (Å²) in [5, 5.41) is 15.9. The average Bonchev–Trinajstić information content (AvgIpc) is 2.17. The summed E-state index contributed by atoms with van der Waals surface area (Å²) in [4.78, 5) is 0. The Labute approximate surface area is 84.1 Å². The van der Waals surface area contributed by atoms with Crippen molar-refractivity contribution in [3.8, 4) is 0 Å². The van der Waals surface area contributed by atoms with Crippen LogP contribution in [0.25, 0.3) is 0 Å². The lowest BCUT2D eigenvalue weighted by Gasteiger charge is -1.98. The summed E-state index contributed by atoms with van der Waals surface area (Å²) in [7, 11) is -4.32. The van der Waals surface area contributed by atoms with E-state index in [2.05, 4.69) is 11.3 Å². The highest BCUT2D eigenvalue weighted by Crippen LogP contribution is 2.08. The van der Waals surface area contributed by atoms with Crippen LogP contribution in [0.1, 0.15) is 39.0 Å². The Balaban J connectivity index is 3.89. The molecular weight excluding hydrogens is 208 g/mol. The van der Waals surface area contributed by atoms with Crippen LogP contribution >= 0.6 is 0 Å². The Morgan fingerprint density at radius 3 is 2.50 bits per heavy atom. The fraction of sp³-hybridized carbons (Fsp3) is 0.750. The Bertz CT molecular complexity index is 267. The molecule has 0 bridgehead atoms. The van der Waals surface area contributed by atoms with Gasteiger partial charge in [-0.1, -0.05) is 26.2 Å². The van der Waals surface area contributed by atoms with Crippen molar-refractivity contribution in [1.82, 2.24) is 0 Å². The van der Waals surface area contributed by atoms with Gasteiger partial charge in [0, 0.05) is 0 Å². The zero-order chi connectivity index (χ0) is 11.0. The van der Waals surface area contributed by atoms with Gasteiger partial charge in [0.25, 0.3) is 0 Å². The molecule has 14 heavy (non-hydrogen) atoms. The van der Waals surface area contributed by atoms with Crippen molar-refractivity contribution < 1.29 is 23.1 Å². The molecule has 0 rings (SSSR count). The minimum absolute atomic E-state index is 0.453. The third-order valence-corrected chi connectivity index (χ3v) is 2.61. The van der Waals surface area contributed by atoms with Gasteiger partial charge < -0.3 is 5.11 Å². The van der Waals surface area contributed by atoms with Crippen LogP contribution in [-0.2, 0) is 14.5 Å². The molecular formula is C8H16O5S. The number of allylic oxidation sites excluding steroid dienone is 1. The van der Waals surface area contributed by atoms with Gasteiger partial charge in [-0.2, -0.15) is 8.42 Å². The minimum atomic E-state index is -4.32. The van der Waals surface area contributed by atoms with Gasteiger partial charge in [0.05, 0.1) is 0 Å². The van der Waals surface area contributed by atoms with Crippen LogP contribution in [0.3, 0.4) is 0 Å². The van der Waals surface area contributed by atoms with Crippen LogP contribution in [0.2, 0.25) is 0 Å². The number of hydrogen-bond acceptors (Lipinski definition) is 5. The van der Waals surface area contributed by atoms with Gasteiger partial charge in [0.2, 0.25) is 5.09 Å². The molecule has 0 aliphatic heterocycles. The number of rotatable bonds is 7. The highest BCUT2D eigenvalue weighted by molar-refractivity contribution is 7.90. The molecule has 6 heteroatoms. The topological polar surface area (TPSA) is 83.8 Å². The van der Waals surface area contributed by atoms with E-state index in [9.17, 15) is 8.42 Å². The van der Waals surface area contributed by atoms with E-state index in [4.69, 9.17) is 10.4 Å². The van der Waals surface area contributed by atoms with Crippen LogP contribution < -0.4 is 0 Å². The maximum Gasteiger partial charge on any atom is 0.355 e. The summed E-state index contributed by atoms with van der Waals surface area (Å²) < 4.78 is 24.4. The van der Waals surface area contributed by atoms with Gasteiger partial charge in [-0.05, 0) is 18.9 Å². The van der Waals surface area contributed by atoms with Crippen molar-refractivity contribution in [3.63, 3.8) is 0 Å². The summed E-state index contributed by atoms with van der Waals surface area (Å²) in [6, 6.07) is 0. The third-order valence-electron chi connectivity index (χ3n) is 1.73. The molecule has 0 aliphatic carbocycles. The lowest BCUT2D eigenvalue weighted by Crippen LogP contribution is -2.05. The first kappa shape index (κ1) is 13.4. The predicted molar refractivity (Wildman–Crippen MR) is 52.1 cm³/mol. The molecule has 0 aromatic carbocycles. The second-order valence-corrected chi connectivity index (χ2v) is 4.40. The molecule has 0 unspecified atom stereocenters. The first-order chi connectivity index (χ1) is 6.54. The first-order valence-corrected chi connectivity index (χ1v) is 5.92. The second kappa shape index (κ2) is 6.80. The Kier molecular flexibility index (Phi) is 6.52. The molecule has 0 saturated carbocycles. The SMILES string of the molecule is CCCCCCC=C(O)S(=O)(=O)OO. The van der Waals surface area contributed by atoms with Gasteiger partial charge in [-0.25, -0.2) is 5.26 Å². The molecule has 0 aromatic heterocycles. The van der Waals surface area contributed by atoms with Gasteiger partial charge >= 0.3 is 10.1 Å². The van der Waals surface area contributed by atoms with E-state index in [1.54, 1.807) is 0 Å². The van der Waals surface area contributed by atoms with Crippen molar-refractivity contribution in [2.75, 3.05) is 0 Å². The maximum atomic E-state index is 10.6. The van der Waals surface area contributed by atoms with Crippen molar-refractivity contribution in [2.45, 2.75) is 39.0 Å². The van der Waals surface area contributed by atoms with E-state index >= 15 is 0 Å². The minimum Gasteiger partial charge on any atom is -0.497 e. The van der Waals surface area contributed by atoms with Crippen LogP contribution in [-0.4, -0.2) is 18.8 Å². The molecule has 0 aromatic rings. The van der Waals surface area contributed by atoms with Crippen LogP contribution in [0, 0.1) is 0 Å². The van der Waals surface area contributed by atoms with Gasteiger partial charge in [-0.3, -0.25) is 0 Å². The molecule has 0 atom stereocenters. The molecule has 2 N–H and O–H groups in total. The molecule has 0 fully saturated rings. The van der Waals surface area contributed by atoms with E-state index in [0.717, 1.165) is 31.8 Å². The van der Waals surface area contributed by atoms with E-state index in [1.165, 1.54) is 0 Å². The summed E-state index contributed by atoms with van der Waals surface area (Å²) in [5.41, 5.74) is 0. The first-order valence-electron chi connectivity index (χ1n) is 4.51. The van der Waals surface area contributed by atoms with E-state index in [0.29, 0.717) is 6.42 Å². The fourth-order valence-corrected chi connectivity index (χ4v) is 1.34. The zero-order valence-corrected chi connectivity index (χ0v) is 8.96. The van der Waals surface area contributed by atoms with Gasteiger partial charge in [0.1, 0.15) is 0 Å². The van der Waals surface area contributed by atoms with Gasteiger partial charge in [0.15, 0.2) is 0 Å². The van der Waals surface area contributed by atoms with Crippen molar-refractivity contribution in [1.29, 1.82) is 0 Å². The monoisotopic (exact) mass is 224 g/mol. The third kappa shape index (κ3) is 5.21. The predicted octanol–water partition coefficient (Wildman–Crippen LogP) is 2.18. The maximum absolute atomic E-state index is 10.6. The molecule has 0 heterocycles. The van der Waals surface area contributed by atoms with Gasteiger partial charge in [-0.15, -0.1) is 4.33 Å². The van der Waals surface area contributed by atoms with Crippen molar-refractivity contribution >= 4 is 10.1 Å². The Morgan fingerprint density at radius 2 is 2.00 bits per heavy atom. The summed E-state index contributed by atoms with van der Waals surface area (Å²) in [6.07, 6.45) is 5.54. The highest BCUT2D eigenvalue weighted by atomic mass is 32.2. The quantitative estimate of drug-likeness (QED) is 0.299. The zero-order valence-electron chi connectivity index (χ0n) is 8.14. The van der Waals surface area contributed by atoms with E-state index < -0.39 is 15.2 Å². The van der Waals surface area contributed by atoms with E-state index in [-0.39, 0.29) is 0 Å². The average molecular weight is 224 g/mol. The number of aliphatic hydroxyl groups is 1. The molecule has 0 aliphatic rings. The smallest absolute Gasteiger partial charge is 0.355 e. The molecule has 84 valence electrons. The Hall–Kier alpha value is -0.590. The summed E-state index contributed by atoms with van der Waals surface area (Å²) in [6.45, 7) is 2.07. The van der Waals surface area contributed by atoms with Crippen LogP contribution in [0.15, 0.2) is 11.2 Å². The molecule has 5 nitrogen and oxygen atoms in total. The molecule has 0 saturated heterocycles. The lowest BCUT2D eigenvalue weighted by molar-refractivity contribution is -0.130. The second-order valence-electron chi connectivity index (χ2n) is 2.92. The standard InChI is InChI=1S/C8H16O5S/c1-2-3-4-5-6-7-8(9)14(11,12)13-10/h7,9-10H,2-6H2,1H3. The number of aliphatic hydroxyl groups excluding tert-OH is 1.